The van der Waals surface area contributed by atoms with Gasteiger partial charge in [0.2, 0.25) is 5.95 Å². The van der Waals surface area contributed by atoms with Crippen molar-refractivity contribution < 1.29 is 9.90 Å². The summed E-state index contributed by atoms with van der Waals surface area (Å²) in [6.07, 6.45) is 2.80. The molecule has 0 bridgehead atoms. The minimum absolute atomic E-state index is 0.204. The number of nitrogens with one attached hydrogen (secondary N) is 1. The van der Waals surface area contributed by atoms with Crippen LogP contribution in [0.15, 0.2) is 12.4 Å². The lowest BCUT2D eigenvalue weighted by Gasteiger charge is -1.99. The van der Waals surface area contributed by atoms with Crippen molar-refractivity contribution in [1.82, 2.24) is 9.97 Å². The lowest BCUT2D eigenvalue weighted by Crippen LogP contribution is -2.14. The maximum absolute atomic E-state index is 10.1. The number of hydrogen-bond donors (Lipinski definition) is 3. The zero-order chi connectivity index (χ0) is 8.97. The molecule has 0 spiro atoms. The van der Waals surface area contributed by atoms with Gasteiger partial charge in [-0.05, 0) is 0 Å². The van der Waals surface area contributed by atoms with Crippen molar-refractivity contribution in [3.05, 3.63) is 12.4 Å². The first kappa shape index (κ1) is 8.25. The van der Waals surface area contributed by atoms with Crippen molar-refractivity contribution in [2.45, 2.75) is 0 Å². The molecule has 0 aliphatic heterocycles. The lowest BCUT2D eigenvalue weighted by molar-refractivity contribution is -0.134. The van der Waals surface area contributed by atoms with Gasteiger partial charge in [-0.2, -0.15) is 0 Å². The molecule has 1 aromatic rings. The summed E-state index contributed by atoms with van der Waals surface area (Å²) in [5.41, 5.74) is 5.75. The first-order valence-corrected chi connectivity index (χ1v) is 3.21. The summed E-state index contributed by atoms with van der Waals surface area (Å²) < 4.78 is 0. The highest BCUT2D eigenvalue weighted by atomic mass is 16.4. The normalized spacial score (nSPS) is 9.33. The summed E-state index contributed by atoms with van der Waals surface area (Å²) in [5.74, 6) is -0.706. The van der Waals surface area contributed by atoms with Crippen LogP contribution in [-0.4, -0.2) is 27.6 Å². The van der Waals surface area contributed by atoms with Gasteiger partial charge in [0.25, 0.3) is 0 Å². The van der Waals surface area contributed by atoms with Gasteiger partial charge in [-0.25, -0.2) is 9.97 Å². The fourth-order valence-corrected chi connectivity index (χ4v) is 0.584. The molecule has 0 aliphatic rings. The van der Waals surface area contributed by atoms with Crippen LogP contribution >= 0.6 is 0 Å². The van der Waals surface area contributed by atoms with Crippen LogP contribution in [0.1, 0.15) is 0 Å². The molecule has 0 fully saturated rings. The molecule has 0 amide bonds. The van der Waals surface area contributed by atoms with Crippen LogP contribution in [0.3, 0.4) is 0 Å². The van der Waals surface area contributed by atoms with Gasteiger partial charge in [0.1, 0.15) is 6.54 Å². The van der Waals surface area contributed by atoms with Crippen molar-refractivity contribution in [2.24, 2.45) is 0 Å². The Balaban J connectivity index is 2.53. The molecular weight excluding hydrogens is 160 g/mol. The van der Waals surface area contributed by atoms with E-state index in [2.05, 4.69) is 15.3 Å². The minimum atomic E-state index is -0.963. The fraction of sp³-hybridized carbons (Fsp3) is 0.167. The molecule has 0 saturated heterocycles. The van der Waals surface area contributed by atoms with E-state index < -0.39 is 5.97 Å². The first-order chi connectivity index (χ1) is 5.68. The summed E-state index contributed by atoms with van der Waals surface area (Å²) in [5, 5.41) is 10.8. The Morgan fingerprint density at radius 3 is 2.67 bits per heavy atom. The van der Waals surface area contributed by atoms with Crippen molar-refractivity contribution in [2.75, 3.05) is 17.6 Å². The van der Waals surface area contributed by atoms with Gasteiger partial charge in [-0.15, -0.1) is 0 Å². The van der Waals surface area contributed by atoms with E-state index in [4.69, 9.17) is 10.8 Å². The third-order valence-corrected chi connectivity index (χ3v) is 1.07. The number of aliphatic carboxylic acids is 1. The second kappa shape index (κ2) is 3.51. The standard InChI is InChI=1S/C6H8N4O2/c7-4-1-8-6(9-2-4)10-3-5(11)12/h1-2H,3,7H2,(H,11,12)(H,8,9,10). The van der Waals surface area contributed by atoms with Crippen molar-refractivity contribution in [1.29, 1.82) is 0 Å². The molecule has 0 unspecified atom stereocenters. The van der Waals surface area contributed by atoms with Gasteiger partial charge in [0.05, 0.1) is 18.1 Å². The Morgan fingerprint density at radius 1 is 1.58 bits per heavy atom. The van der Waals surface area contributed by atoms with Crippen LogP contribution in [0.25, 0.3) is 0 Å². The third kappa shape index (κ3) is 2.41. The molecule has 0 aliphatic carbocycles. The number of carboxylic acids is 1. The van der Waals surface area contributed by atoms with E-state index in [1.165, 1.54) is 12.4 Å². The summed E-state index contributed by atoms with van der Waals surface area (Å²) in [6.45, 7) is -0.204. The van der Waals surface area contributed by atoms with E-state index in [9.17, 15) is 4.79 Å². The number of nitrogen functional groups attached to an aromatic ring is 1. The second-order valence-electron chi connectivity index (χ2n) is 2.09. The highest BCUT2D eigenvalue weighted by Gasteiger charge is 1.97. The van der Waals surface area contributed by atoms with Gasteiger partial charge in [0.15, 0.2) is 0 Å². The second-order valence-corrected chi connectivity index (χ2v) is 2.09. The number of rotatable bonds is 3. The quantitative estimate of drug-likeness (QED) is 0.565. The highest BCUT2D eigenvalue weighted by Crippen LogP contribution is 1.99. The largest absolute Gasteiger partial charge is 0.480 e. The Bertz CT molecular complexity index is 271. The van der Waals surface area contributed by atoms with Gasteiger partial charge in [-0.3, -0.25) is 4.79 Å². The van der Waals surface area contributed by atoms with Crippen LogP contribution < -0.4 is 11.1 Å². The van der Waals surface area contributed by atoms with Crippen LogP contribution in [0.5, 0.6) is 0 Å². The van der Waals surface area contributed by atoms with Gasteiger partial charge < -0.3 is 16.2 Å². The fourth-order valence-electron chi connectivity index (χ4n) is 0.584. The summed E-state index contributed by atoms with van der Waals surface area (Å²) in [4.78, 5) is 17.6. The first-order valence-electron chi connectivity index (χ1n) is 3.21. The van der Waals surface area contributed by atoms with Crippen LogP contribution in [0.4, 0.5) is 11.6 Å². The predicted molar refractivity (Wildman–Crippen MR) is 42.6 cm³/mol. The van der Waals surface area contributed by atoms with E-state index in [1.54, 1.807) is 0 Å². The Kier molecular flexibility index (Phi) is 2.42. The molecule has 4 N–H and O–H groups in total. The van der Waals surface area contributed by atoms with E-state index in [1.807, 2.05) is 0 Å². The van der Waals surface area contributed by atoms with Gasteiger partial charge in [-0.1, -0.05) is 0 Å². The van der Waals surface area contributed by atoms with Crippen molar-refractivity contribution in [3.8, 4) is 0 Å². The molecule has 0 saturated carbocycles. The van der Waals surface area contributed by atoms with Crippen LogP contribution in [0.2, 0.25) is 0 Å². The number of nitrogens with zero attached hydrogens (tertiary/aromatic N) is 2. The molecule has 12 heavy (non-hydrogen) atoms. The van der Waals surface area contributed by atoms with E-state index >= 15 is 0 Å². The van der Waals surface area contributed by atoms with E-state index in [0.29, 0.717) is 5.69 Å². The smallest absolute Gasteiger partial charge is 0.322 e. The Morgan fingerprint density at radius 2 is 2.17 bits per heavy atom. The molecule has 0 radical (unpaired) electrons. The summed E-state index contributed by atoms with van der Waals surface area (Å²) >= 11 is 0. The molecule has 6 nitrogen and oxygen atoms in total. The molecule has 1 rings (SSSR count). The molecule has 0 atom stereocenters. The molecular formula is C6H8N4O2. The SMILES string of the molecule is Nc1cnc(NCC(=O)O)nc1. The average Bonchev–Trinajstić information content (AvgIpc) is 2.03. The van der Waals surface area contributed by atoms with Gasteiger partial charge in [0, 0.05) is 0 Å². The van der Waals surface area contributed by atoms with E-state index in [0.717, 1.165) is 0 Å². The average molecular weight is 168 g/mol. The lowest BCUT2D eigenvalue weighted by atomic mass is 10.5. The third-order valence-electron chi connectivity index (χ3n) is 1.07. The number of carboxylic acid groups (broad SMARTS) is 1. The monoisotopic (exact) mass is 168 g/mol. The molecule has 6 heteroatoms. The topological polar surface area (TPSA) is 101 Å². The van der Waals surface area contributed by atoms with Crippen molar-refractivity contribution >= 4 is 17.6 Å². The summed E-state index contributed by atoms with van der Waals surface area (Å²) in [6, 6.07) is 0. The molecule has 1 aromatic heterocycles. The number of carbonyl (C=O) groups is 1. The summed E-state index contributed by atoms with van der Waals surface area (Å²) in [7, 11) is 0. The number of nitrogens with two attached hydrogens (primary N) is 1. The van der Waals surface area contributed by atoms with Crippen molar-refractivity contribution in [3.63, 3.8) is 0 Å². The Hall–Kier alpha value is -1.85. The number of aromatic nitrogens is 2. The number of anilines is 2. The maximum Gasteiger partial charge on any atom is 0.322 e. The maximum atomic E-state index is 10.1. The number of hydrogen-bond acceptors (Lipinski definition) is 5. The molecule has 0 aromatic carbocycles. The van der Waals surface area contributed by atoms with Gasteiger partial charge >= 0.3 is 5.97 Å². The van der Waals surface area contributed by atoms with E-state index in [-0.39, 0.29) is 12.5 Å². The Labute approximate surface area is 68.4 Å². The highest BCUT2D eigenvalue weighted by molar-refractivity contribution is 5.71. The molecule has 1 heterocycles. The predicted octanol–water partition coefficient (Wildman–Crippen LogP) is -0.445. The van der Waals surface area contributed by atoms with Crippen LogP contribution in [0, 0.1) is 0 Å². The zero-order valence-electron chi connectivity index (χ0n) is 6.19. The minimum Gasteiger partial charge on any atom is -0.480 e. The van der Waals surface area contributed by atoms with Crippen LogP contribution in [-0.2, 0) is 4.79 Å². The molecule has 64 valence electrons. The zero-order valence-corrected chi connectivity index (χ0v) is 6.19.